The van der Waals surface area contributed by atoms with Crippen LogP contribution in [0.1, 0.15) is 28.6 Å². The molecule has 0 bridgehead atoms. The second-order valence-corrected chi connectivity index (χ2v) is 7.01. The zero-order valence-electron chi connectivity index (χ0n) is 12.9. The molecule has 1 aliphatic rings. The average molecular weight is 334 g/mol. The van der Waals surface area contributed by atoms with Gasteiger partial charge in [0.15, 0.2) is 5.09 Å². The van der Waals surface area contributed by atoms with Crippen LogP contribution in [0.5, 0.6) is 0 Å². The fourth-order valence-electron chi connectivity index (χ4n) is 2.68. The zero-order chi connectivity index (χ0) is 15.7. The second-order valence-electron chi connectivity index (χ2n) is 5.09. The van der Waals surface area contributed by atoms with E-state index in [0.29, 0.717) is 12.4 Å². The molecule has 1 aromatic heterocycles. The first-order chi connectivity index (χ1) is 10.7. The number of carbonyl (C=O) groups excluding carboxylic acids is 1. The predicted molar refractivity (Wildman–Crippen MR) is 91.0 cm³/mol. The van der Waals surface area contributed by atoms with Gasteiger partial charge in [-0.1, -0.05) is 23.9 Å². The lowest BCUT2D eigenvalue weighted by Gasteiger charge is -2.08. The van der Waals surface area contributed by atoms with Gasteiger partial charge in [0.1, 0.15) is 0 Å². The van der Waals surface area contributed by atoms with Crippen LogP contribution in [0.3, 0.4) is 0 Å². The molecule has 22 heavy (non-hydrogen) atoms. The lowest BCUT2D eigenvalue weighted by atomic mass is 9.99. The quantitative estimate of drug-likeness (QED) is 0.595. The number of hydrogen-bond acceptors (Lipinski definition) is 5. The van der Waals surface area contributed by atoms with Crippen LogP contribution in [-0.4, -0.2) is 24.6 Å². The zero-order valence-corrected chi connectivity index (χ0v) is 14.5. The third-order valence-corrected chi connectivity index (χ3v) is 5.39. The van der Waals surface area contributed by atoms with Crippen LogP contribution in [0, 0.1) is 6.92 Å². The molecule has 2 heterocycles. The fourth-order valence-corrected chi connectivity index (χ4v) is 4.42. The maximum atomic E-state index is 12.3. The number of thioether (sulfide) groups is 2. The first-order valence-electron chi connectivity index (χ1n) is 7.26. The van der Waals surface area contributed by atoms with Crippen LogP contribution < -0.4 is 0 Å². The Morgan fingerprint density at radius 2 is 2.27 bits per heavy atom. The number of fused-ring (bicyclic) bond motifs is 3. The summed E-state index contributed by atoms with van der Waals surface area (Å²) in [4.78, 5) is 13.5. The minimum atomic E-state index is -0.377. The number of ether oxygens (including phenoxy) is 1. The molecular formula is C17H18O3S2. The van der Waals surface area contributed by atoms with Gasteiger partial charge in [0.2, 0.25) is 5.76 Å². The maximum Gasteiger partial charge on any atom is 0.374 e. The SMILES string of the molecule is CCOC(=O)c1oc(SC)c2c1-c1ccc(C)cc1SCC2. The molecule has 0 radical (unpaired) electrons. The van der Waals surface area contributed by atoms with Crippen LogP contribution in [-0.2, 0) is 11.2 Å². The number of esters is 1. The van der Waals surface area contributed by atoms with Crippen molar-refractivity contribution in [1.29, 1.82) is 0 Å². The molecule has 0 fully saturated rings. The molecule has 0 atom stereocenters. The number of carbonyl (C=O) groups is 1. The van der Waals surface area contributed by atoms with Crippen molar-refractivity contribution in [1.82, 2.24) is 0 Å². The Labute approximate surface area is 138 Å². The summed E-state index contributed by atoms with van der Waals surface area (Å²) < 4.78 is 11.0. The van der Waals surface area contributed by atoms with Crippen molar-refractivity contribution in [2.24, 2.45) is 0 Å². The van der Waals surface area contributed by atoms with Gasteiger partial charge in [-0.3, -0.25) is 0 Å². The Balaban J connectivity index is 2.23. The van der Waals surface area contributed by atoms with Gasteiger partial charge >= 0.3 is 5.97 Å². The van der Waals surface area contributed by atoms with Gasteiger partial charge in [-0.2, -0.15) is 0 Å². The maximum absolute atomic E-state index is 12.3. The molecule has 3 nitrogen and oxygen atoms in total. The minimum Gasteiger partial charge on any atom is -0.460 e. The van der Waals surface area contributed by atoms with Crippen LogP contribution >= 0.6 is 23.5 Å². The van der Waals surface area contributed by atoms with Gasteiger partial charge in [-0.25, -0.2) is 4.79 Å². The number of hydrogen-bond donors (Lipinski definition) is 0. The van der Waals surface area contributed by atoms with Crippen LogP contribution in [0.25, 0.3) is 11.1 Å². The highest BCUT2D eigenvalue weighted by molar-refractivity contribution is 7.99. The minimum absolute atomic E-state index is 0.341. The van der Waals surface area contributed by atoms with Crippen LogP contribution in [0.15, 0.2) is 32.6 Å². The van der Waals surface area contributed by atoms with E-state index in [9.17, 15) is 4.79 Å². The molecule has 116 valence electrons. The number of rotatable bonds is 3. The molecule has 0 aliphatic carbocycles. The van der Waals surface area contributed by atoms with E-state index in [0.717, 1.165) is 34.0 Å². The predicted octanol–water partition coefficient (Wildman–Crippen LogP) is 4.80. The Bertz CT molecular complexity index is 719. The summed E-state index contributed by atoms with van der Waals surface area (Å²) in [6, 6.07) is 6.34. The van der Waals surface area contributed by atoms with E-state index in [-0.39, 0.29) is 5.97 Å². The Morgan fingerprint density at radius 3 is 3.00 bits per heavy atom. The van der Waals surface area contributed by atoms with E-state index in [4.69, 9.17) is 9.15 Å². The smallest absolute Gasteiger partial charge is 0.374 e. The lowest BCUT2D eigenvalue weighted by molar-refractivity contribution is 0.0485. The van der Waals surface area contributed by atoms with Crippen molar-refractivity contribution in [3.63, 3.8) is 0 Å². The molecule has 0 N–H and O–H groups in total. The molecule has 1 aromatic carbocycles. The summed E-state index contributed by atoms with van der Waals surface area (Å²) in [5.41, 5.74) is 4.35. The molecule has 2 aromatic rings. The summed E-state index contributed by atoms with van der Waals surface area (Å²) in [7, 11) is 0. The molecule has 0 saturated carbocycles. The Hall–Kier alpha value is -1.33. The molecule has 1 aliphatic heterocycles. The lowest BCUT2D eigenvalue weighted by Crippen LogP contribution is -2.05. The van der Waals surface area contributed by atoms with Crippen LogP contribution in [0.2, 0.25) is 0 Å². The van der Waals surface area contributed by atoms with E-state index in [1.54, 1.807) is 11.8 Å². The fraction of sp³-hybridized carbons (Fsp3) is 0.353. The summed E-state index contributed by atoms with van der Waals surface area (Å²) in [6.45, 7) is 4.24. The van der Waals surface area contributed by atoms with Gasteiger partial charge in [-0.15, -0.1) is 11.8 Å². The van der Waals surface area contributed by atoms with Crippen molar-refractivity contribution in [3.05, 3.63) is 35.1 Å². The number of furan rings is 1. The highest BCUT2D eigenvalue weighted by Crippen LogP contribution is 2.44. The molecule has 0 spiro atoms. The molecule has 3 rings (SSSR count). The van der Waals surface area contributed by atoms with Crippen molar-refractivity contribution in [3.8, 4) is 11.1 Å². The van der Waals surface area contributed by atoms with Crippen molar-refractivity contribution >= 4 is 29.5 Å². The monoisotopic (exact) mass is 334 g/mol. The van der Waals surface area contributed by atoms with E-state index in [1.165, 1.54) is 10.5 Å². The van der Waals surface area contributed by atoms with E-state index >= 15 is 0 Å². The third kappa shape index (κ3) is 2.68. The summed E-state index contributed by atoms with van der Waals surface area (Å²) >= 11 is 3.38. The van der Waals surface area contributed by atoms with Crippen LogP contribution in [0.4, 0.5) is 0 Å². The summed E-state index contributed by atoms with van der Waals surface area (Å²) in [6.07, 6.45) is 2.87. The molecule has 0 unspecified atom stereocenters. The number of benzene rings is 1. The van der Waals surface area contributed by atoms with Gasteiger partial charge in [0.05, 0.1) is 6.61 Å². The second kappa shape index (κ2) is 6.42. The molecular weight excluding hydrogens is 316 g/mol. The molecule has 0 saturated heterocycles. The van der Waals surface area contributed by atoms with Gasteiger partial charge in [0.25, 0.3) is 0 Å². The highest BCUT2D eigenvalue weighted by atomic mass is 32.2. The summed E-state index contributed by atoms with van der Waals surface area (Å²) in [5.74, 6) is 0.949. The van der Waals surface area contributed by atoms with Crippen molar-refractivity contribution in [2.75, 3.05) is 18.6 Å². The van der Waals surface area contributed by atoms with Gasteiger partial charge in [0, 0.05) is 21.8 Å². The van der Waals surface area contributed by atoms with E-state index in [2.05, 4.69) is 25.1 Å². The van der Waals surface area contributed by atoms with E-state index < -0.39 is 0 Å². The molecule has 0 amide bonds. The first-order valence-corrected chi connectivity index (χ1v) is 9.47. The molecule has 5 heteroatoms. The first kappa shape index (κ1) is 15.6. The van der Waals surface area contributed by atoms with Crippen molar-refractivity contribution < 1.29 is 13.9 Å². The standard InChI is InChI=1S/C17H18O3S2/c1-4-19-16(18)15-14-11-6-5-10(2)9-13(11)22-8-7-12(14)17(20-15)21-3/h5-6,9H,4,7-8H2,1-3H3. The summed E-state index contributed by atoms with van der Waals surface area (Å²) in [5, 5.41) is 0.826. The van der Waals surface area contributed by atoms with Crippen molar-refractivity contribution in [2.45, 2.75) is 30.3 Å². The highest BCUT2D eigenvalue weighted by Gasteiger charge is 2.29. The Morgan fingerprint density at radius 1 is 1.45 bits per heavy atom. The topological polar surface area (TPSA) is 39.4 Å². The Kier molecular flexibility index (Phi) is 4.54. The normalized spacial score (nSPS) is 13.2. The van der Waals surface area contributed by atoms with Gasteiger partial charge < -0.3 is 9.15 Å². The van der Waals surface area contributed by atoms with Gasteiger partial charge in [-0.05, 0) is 43.7 Å². The average Bonchev–Trinajstić information content (AvgIpc) is 2.76. The largest absolute Gasteiger partial charge is 0.460 e. The number of aryl methyl sites for hydroxylation is 1. The third-order valence-electron chi connectivity index (χ3n) is 3.63. The van der Waals surface area contributed by atoms with E-state index in [1.807, 2.05) is 24.9 Å².